The average Bonchev–Trinajstić information content (AvgIpc) is 2.82. The molecule has 4 rings (SSSR count). The number of nitrogens with zero attached hydrogens (tertiary/aromatic N) is 3. The van der Waals surface area contributed by atoms with Crippen molar-refractivity contribution in [2.45, 2.75) is 19.9 Å². The fourth-order valence-electron chi connectivity index (χ4n) is 3.13. The van der Waals surface area contributed by atoms with Crippen molar-refractivity contribution in [1.82, 2.24) is 14.5 Å². The predicted octanol–water partition coefficient (Wildman–Crippen LogP) is 3.38. The van der Waals surface area contributed by atoms with Crippen molar-refractivity contribution in [2.75, 3.05) is 13.1 Å². The highest BCUT2D eigenvalue weighted by molar-refractivity contribution is 5.86. The topological polar surface area (TPSA) is 38.1 Å². The molecule has 24 heavy (non-hydrogen) atoms. The molecule has 1 aliphatic rings. The van der Waals surface area contributed by atoms with Crippen molar-refractivity contribution in [3.63, 3.8) is 0 Å². The zero-order valence-electron chi connectivity index (χ0n) is 13.5. The molecule has 0 N–H and O–H groups in total. The maximum atomic E-state index is 14.1. The Kier molecular flexibility index (Phi) is 3.56. The maximum absolute atomic E-state index is 14.1. The molecule has 0 atom stereocenters. The van der Waals surface area contributed by atoms with Crippen molar-refractivity contribution in [3.05, 3.63) is 54.1 Å². The van der Waals surface area contributed by atoms with Crippen molar-refractivity contribution < 1.29 is 9.18 Å². The van der Waals surface area contributed by atoms with Crippen LogP contribution in [-0.2, 0) is 11.3 Å². The van der Waals surface area contributed by atoms with Gasteiger partial charge in [0, 0.05) is 36.6 Å². The van der Waals surface area contributed by atoms with Crippen molar-refractivity contribution in [3.8, 4) is 11.1 Å². The number of halogens is 1. The number of pyridine rings is 1. The Bertz CT molecular complexity index is 928. The summed E-state index contributed by atoms with van der Waals surface area (Å²) in [6.07, 6.45) is 4.71. The third-order valence-electron chi connectivity index (χ3n) is 4.60. The lowest BCUT2D eigenvalue weighted by Gasteiger charge is -2.31. The van der Waals surface area contributed by atoms with E-state index in [1.807, 2.05) is 28.7 Å². The SMILES string of the molecule is Cc1cn(CC(=O)N2CCC2)c2cc(-c3ccccc3F)cnc12. The van der Waals surface area contributed by atoms with E-state index in [1.165, 1.54) is 6.07 Å². The third-order valence-corrected chi connectivity index (χ3v) is 4.60. The normalized spacial score (nSPS) is 14.0. The second-order valence-corrected chi connectivity index (χ2v) is 6.25. The smallest absolute Gasteiger partial charge is 0.242 e. The highest BCUT2D eigenvalue weighted by Gasteiger charge is 2.21. The number of carbonyl (C=O) groups excluding carboxylic acids is 1. The van der Waals surface area contributed by atoms with Gasteiger partial charge in [-0.2, -0.15) is 0 Å². The maximum Gasteiger partial charge on any atom is 0.242 e. The van der Waals surface area contributed by atoms with Crippen LogP contribution in [0.15, 0.2) is 42.7 Å². The molecule has 1 saturated heterocycles. The van der Waals surface area contributed by atoms with Crippen LogP contribution in [0.3, 0.4) is 0 Å². The van der Waals surface area contributed by atoms with E-state index in [4.69, 9.17) is 0 Å². The quantitative estimate of drug-likeness (QED) is 0.741. The molecule has 2 aromatic heterocycles. The van der Waals surface area contributed by atoms with E-state index in [0.29, 0.717) is 12.1 Å². The molecule has 4 nitrogen and oxygen atoms in total. The molecule has 1 aliphatic heterocycles. The lowest BCUT2D eigenvalue weighted by molar-refractivity contribution is -0.135. The molecule has 3 aromatic rings. The number of rotatable bonds is 3. The number of carbonyl (C=O) groups is 1. The van der Waals surface area contributed by atoms with Gasteiger partial charge in [-0.15, -0.1) is 0 Å². The van der Waals surface area contributed by atoms with Crippen molar-refractivity contribution >= 4 is 16.9 Å². The van der Waals surface area contributed by atoms with Crippen LogP contribution in [0.1, 0.15) is 12.0 Å². The summed E-state index contributed by atoms with van der Waals surface area (Å²) in [6.45, 7) is 3.96. The number of aromatic nitrogens is 2. The number of fused-ring (bicyclic) bond motifs is 1. The molecule has 3 heterocycles. The molecule has 0 saturated carbocycles. The van der Waals surface area contributed by atoms with Crippen LogP contribution in [0.5, 0.6) is 0 Å². The highest BCUT2D eigenvalue weighted by atomic mass is 19.1. The summed E-state index contributed by atoms with van der Waals surface area (Å²) in [5, 5.41) is 0. The van der Waals surface area contributed by atoms with Crippen molar-refractivity contribution in [1.29, 1.82) is 0 Å². The van der Waals surface area contributed by atoms with Gasteiger partial charge in [-0.3, -0.25) is 9.78 Å². The highest BCUT2D eigenvalue weighted by Crippen LogP contribution is 2.27. The van der Waals surface area contributed by atoms with Gasteiger partial charge in [0.05, 0.1) is 11.0 Å². The van der Waals surface area contributed by atoms with Crippen LogP contribution < -0.4 is 0 Å². The van der Waals surface area contributed by atoms with Crippen LogP contribution in [0.4, 0.5) is 4.39 Å². The molecule has 0 aliphatic carbocycles. The molecule has 0 bridgehead atoms. The Labute approximate surface area is 139 Å². The standard InChI is InChI=1S/C19H18FN3O/c1-13-11-23(12-18(24)22-7-4-8-22)17-9-14(10-21-19(13)17)15-5-2-3-6-16(15)20/h2-3,5-6,9-11H,4,7-8,12H2,1H3. The summed E-state index contributed by atoms with van der Waals surface area (Å²) < 4.78 is 16.0. The lowest BCUT2D eigenvalue weighted by atomic mass is 10.1. The number of hydrogen-bond acceptors (Lipinski definition) is 2. The van der Waals surface area contributed by atoms with Crippen molar-refractivity contribution in [2.24, 2.45) is 0 Å². The van der Waals surface area contributed by atoms with Gasteiger partial charge in [-0.1, -0.05) is 18.2 Å². The number of likely N-dealkylation sites (tertiary alicyclic amines) is 1. The molecular weight excluding hydrogens is 305 g/mol. The Morgan fingerprint density at radius 3 is 2.79 bits per heavy atom. The Balaban J connectivity index is 1.76. The number of aryl methyl sites for hydroxylation is 1. The molecule has 0 unspecified atom stereocenters. The second-order valence-electron chi connectivity index (χ2n) is 6.25. The number of amides is 1. The lowest BCUT2D eigenvalue weighted by Crippen LogP contribution is -2.43. The van der Waals surface area contributed by atoms with Gasteiger partial charge in [-0.25, -0.2) is 4.39 Å². The van der Waals surface area contributed by atoms with Gasteiger partial charge >= 0.3 is 0 Å². The van der Waals surface area contributed by atoms with Gasteiger partial charge in [0.15, 0.2) is 0 Å². The summed E-state index contributed by atoms with van der Waals surface area (Å²) in [4.78, 5) is 18.6. The first-order valence-corrected chi connectivity index (χ1v) is 8.11. The minimum absolute atomic E-state index is 0.120. The van der Waals surface area contributed by atoms with Crippen LogP contribution in [0.2, 0.25) is 0 Å². The Hall–Kier alpha value is -2.69. The Morgan fingerprint density at radius 2 is 2.08 bits per heavy atom. The number of benzene rings is 1. The van der Waals surface area contributed by atoms with E-state index in [9.17, 15) is 9.18 Å². The van der Waals surface area contributed by atoms with Crippen LogP contribution in [0.25, 0.3) is 22.2 Å². The van der Waals surface area contributed by atoms with Gasteiger partial charge in [-0.05, 0) is 31.0 Å². The zero-order valence-corrected chi connectivity index (χ0v) is 13.5. The monoisotopic (exact) mass is 323 g/mol. The zero-order chi connectivity index (χ0) is 16.7. The molecule has 5 heteroatoms. The first-order chi connectivity index (χ1) is 11.6. The first-order valence-electron chi connectivity index (χ1n) is 8.11. The van der Waals surface area contributed by atoms with E-state index in [2.05, 4.69) is 4.98 Å². The van der Waals surface area contributed by atoms with Crippen LogP contribution >= 0.6 is 0 Å². The van der Waals surface area contributed by atoms with E-state index in [-0.39, 0.29) is 11.7 Å². The molecule has 1 fully saturated rings. The van der Waals surface area contributed by atoms with Gasteiger partial charge < -0.3 is 9.47 Å². The van der Waals surface area contributed by atoms with Crippen LogP contribution in [0, 0.1) is 12.7 Å². The van der Waals surface area contributed by atoms with Crippen LogP contribution in [-0.4, -0.2) is 33.4 Å². The fourth-order valence-corrected chi connectivity index (χ4v) is 3.13. The molecular formula is C19H18FN3O. The second kappa shape index (κ2) is 5.74. The van der Waals surface area contributed by atoms with Gasteiger partial charge in [0.1, 0.15) is 12.4 Å². The molecule has 1 amide bonds. The first kappa shape index (κ1) is 14.9. The third kappa shape index (κ3) is 2.46. The Morgan fingerprint density at radius 1 is 1.29 bits per heavy atom. The largest absolute Gasteiger partial charge is 0.341 e. The minimum atomic E-state index is -0.273. The fraction of sp³-hybridized carbons (Fsp3) is 0.263. The van der Waals surface area contributed by atoms with E-state index in [0.717, 1.165) is 41.7 Å². The van der Waals surface area contributed by atoms with E-state index < -0.39 is 0 Å². The summed E-state index contributed by atoms with van der Waals surface area (Å²) >= 11 is 0. The van der Waals surface area contributed by atoms with E-state index in [1.54, 1.807) is 24.4 Å². The number of hydrogen-bond donors (Lipinski definition) is 0. The molecule has 122 valence electrons. The minimum Gasteiger partial charge on any atom is -0.341 e. The average molecular weight is 323 g/mol. The van der Waals surface area contributed by atoms with E-state index >= 15 is 0 Å². The molecule has 1 aromatic carbocycles. The predicted molar refractivity (Wildman–Crippen MR) is 91.1 cm³/mol. The summed E-state index contributed by atoms with van der Waals surface area (Å²) in [7, 11) is 0. The molecule has 0 radical (unpaired) electrons. The summed E-state index contributed by atoms with van der Waals surface area (Å²) in [5.41, 5.74) is 3.97. The molecule has 0 spiro atoms. The summed E-state index contributed by atoms with van der Waals surface area (Å²) in [5.74, 6) is -0.153. The summed E-state index contributed by atoms with van der Waals surface area (Å²) in [6, 6.07) is 8.57. The van der Waals surface area contributed by atoms with Gasteiger partial charge in [0.2, 0.25) is 5.91 Å². The van der Waals surface area contributed by atoms with Gasteiger partial charge in [0.25, 0.3) is 0 Å².